The van der Waals surface area contributed by atoms with Gasteiger partial charge >= 0.3 is 5.97 Å². The minimum absolute atomic E-state index is 0.0159. The molecule has 0 amide bonds. The summed E-state index contributed by atoms with van der Waals surface area (Å²) in [5.41, 5.74) is 0.991. The summed E-state index contributed by atoms with van der Waals surface area (Å²) in [6.07, 6.45) is 1.46. The van der Waals surface area contributed by atoms with E-state index < -0.39 is 5.97 Å². The molecule has 0 radical (unpaired) electrons. The SMILES string of the molecule is CC(C)c1nc(-c2ncc(Cl)cc2Cl)sc1C(=O)O. The van der Waals surface area contributed by atoms with Gasteiger partial charge in [-0.3, -0.25) is 4.98 Å². The number of aromatic nitrogens is 2. The Bertz CT molecular complexity index is 641. The molecule has 0 unspecified atom stereocenters. The topological polar surface area (TPSA) is 63.1 Å². The minimum Gasteiger partial charge on any atom is -0.477 e. The smallest absolute Gasteiger partial charge is 0.347 e. The average molecular weight is 317 g/mol. The van der Waals surface area contributed by atoms with Crippen LogP contribution in [0.3, 0.4) is 0 Å². The molecule has 2 heterocycles. The van der Waals surface area contributed by atoms with Crippen LogP contribution in [-0.2, 0) is 0 Å². The van der Waals surface area contributed by atoms with Crippen LogP contribution in [0.2, 0.25) is 10.0 Å². The molecule has 100 valence electrons. The van der Waals surface area contributed by atoms with Gasteiger partial charge in [0.05, 0.1) is 15.7 Å². The van der Waals surface area contributed by atoms with Crippen molar-refractivity contribution in [2.45, 2.75) is 19.8 Å². The number of halogens is 2. The van der Waals surface area contributed by atoms with Crippen molar-refractivity contribution in [3.63, 3.8) is 0 Å². The maximum absolute atomic E-state index is 11.2. The van der Waals surface area contributed by atoms with E-state index in [9.17, 15) is 9.90 Å². The number of thiazole rings is 1. The number of carboxylic acid groups (broad SMARTS) is 1. The predicted molar refractivity (Wildman–Crippen MR) is 76.4 cm³/mol. The summed E-state index contributed by atoms with van der Waals surface area (Å²) in [7, 11) is 0. The number of carboxylic acids is 1. The Kier molecular flexibility index (Phi) is 4.08. The fourth-order valence-electron chi connectivity index (χ4n) is 1.55. The number of rotatable bonds is 3. The van der Waals surface area contributed by atoms with E-state index in [1.807, 2.05) is 13.8 Å². The quantitative estimate of drug-likeness (QED) is 0.915. The number of pyridine rings is 1. The number of hydrogen-bond donors (Lipinski definition) is 1. The molecule has 0 bridgehead atoms. The highest BCUT2D eigenvalue weighted by atomic mass is 35.5. The second-order valence-electron chi connectivity index (χ2n) is 4.18. The Labute approximate surface area is 124 Å². The van der Waals surface area contributed by atoms with Gasteiger partial charge in [0, 0.05) is 6.20 Å². The van der Waals surface area contributed by atoms with E-state index >= 15 is 0 Å². The van der Waals surface area contributed by atoms with E-state index in [1.165, 1.54) is 6.20 Å². The average Bonchev–Trinajstić information content (AvgIpc) is 2.73. The van der Waals surface area contributed by atoms with Gasteiger partial charge in [0.1, 0.15) is 15.6 Å². The Morgan fingerprint density at radius 3 is 2.58 bits per heavy atom. The molecule has 0 fully saturated rings. The molecule has 2 aromatic heterocycles. The summed E-state index contributed by atoms with van der Waals surface area (Å²) in [4.78, 5) is 19.9. The Balaban J connectivity index is 2.57. The van der Waals surface area contributed by atoms with Crippen molar-refractivity contribution in [1.82, 2.24) is 9.97 Å². The van der Waals surface area contributed by atoms with Gasteiger partial charge in [0.25, 0.3) is 0 Å². The summed E-state index contributed by atoms with van der Waals surface area (Å²) in [6.45, 7) is 3.78. The molecule has 0 aliphatic heterocycles. The summed E-state index contributed by atoms with van der Waals surface area (Å²) in [6, 6.07) is 1.56. The number of aromatic carboxylic acids is 1. The van der Waals surface area contributed by atoms with E-state index in [0.29, 0.717) is 26.4 Å². The molecule has 0 aliphatic carbocycles. The van der Waals surface area contributed by atoms with Gasteiger partial charge in [-0.25, -0.2) is 9.78 Å². The third kappa shape index (κ3) is 2.88. The zero-order valence-corrected chi connectivity index (χ0v) is 12.5. The fourth-order valence-corrected chi connectivity index (χ4v) is 3.15. The van der Waals surface area contributed by atoms with Gasteiger partial charge in [-0.2, -0.15) is 0 Å². The molecule has 0 spiro atoms. The number of carbonyl (C=O) groups is 1. The van der Waals surface area contributed by atoms with Gasteiger partial charge in [0.15, 0.2) is 0 Å². The van der Waals surface area contributed by atoms with Crippen LogP contribution in [0.4, 0.5) is 0 Å². The highest BCUT2D eigenvalue weighted by molar-refractivity contribution is 7.17. The monoisotopic (exact) mass is 316 g/mol. The molecule has 0 saturated carbocycles. The number of nitrogens with zero attached hydrogens (tertiary/aromatic N) is 2. The minimum atomic E-state index is -0.988. The van der Waals surface area contributed by atoms with E-state index in [1.54, 1.807) is 6.07 Å². The van der Waals surface area contributed by atoms with Crippen molar-refractivity contribution in [1.29, 1.82) is 0 Å². The maximum atomic E-state index is 11.2. The lowest BCUT2D eigenvalue weighted by molar-refractivity contribution is 0.0700. The van der Waals surface area contributed by atoms with Gasteiger partial charge in [-0.1, -0.05) is 37.0 Å². The largest absolute Gasteiger partial charge is 0.477 e. The Hall–Kier alpha value is -1.17. The highest BCUT2D eigenvalue weighted by Gasteiger charge is 2.22. The van der Waals surface area contributed by atoms with Crippen LogP contribution >= 0.6 is 34.5 Å². The molecule has 0 atom stereocenters. The first-order chi connectivity index (χ1) is 8.90. The molecule has 2 rings (SSSR count). The molecule has 0 aliphatic rings. The molecule has 1 N–H and O–H groups in total. The first kappa shape index (κ1) is 14.2. The van der Waals surface area contributed by atoms with Crippen molar-refractivity contribution < 1.29 is 9.90 Å². The Morgan fingerprint density at radius 2 is 2.11 bits per heavy atom. The van der Waals surface area contributed by atoms with E-state index in [4.69, 9.17) is 23.2 Å². The summed E-state index contributed by atoms with van der Waals surface area (Å²) >= 11 is 12.9. The molecular formula is C12H10Cl2N2O2S. The van der Waals surface area contributed by atoms with Gasteiger partial charge in [-0.05, 0) is 12.0 Å². The normalized spacial score (nSPS) is 11.0. The molecule has 0 aromatic carbocycles. The fraction of sp³-hybridized carbons (Fsp3) is 0.250. The standard InChI is InChI=1S/C12H10Cl2N2O2S/c1-5(2)8-10(12(17)18)19-11(16-8)9-7(14)3-6(13)4-15-9/h3-5H,1-2H3,(H,17,18). The van der Waals surface area contributed by atoms with Gasteiger partial charge < -0.3 is 5.11 Å². The molecule has 7 heteroatoms. The highest BCUT2D eigenvalue weighted by Crippen LogP contribution is 2.34. The van der Waals surface area contributed by atoms with Crippen LogP contribution in [0.15, 0.2) is 12.3 Å². The van der Waals surface area contributed by atoms with Crippen molar-refractivity contribution in [2.24, 2.45) is 0 Å². The molecule has 19 heavy (non-hydrogen) atoms. The van der Waals surface area contributed by atoms with Crippen LogP contribution in [0.1, 0.15) is 35.1 Å². The zero-order valence-electron chi connectivity index (χ0n) is 10.1. The lowest BCUT2D eigenvalue weighted by Gasteiger charge is -2.01. The molecule has 4 nitrogen and oxygen atoms in total. The van der Waals surface area contributed by atoms with Crippen molar-refractivity contribution in [3.8, 4) is 10.7 Å². The van der Waals surface area contributed by atoms with Gasteiger partial charge in [-0.15, -0.1) is 11.3 Å². The van der Waals surface area contributed by atoms with Crippen LogP contribution < -0.4 is 0 Å². The van der Waals surface area contributed by atoms with Gasteiger partial charge in [0.2, 0.25) is 0 Å². The third-order valence-corrected chi connectivity index (χ3v) is 3.97. The van der Waals surface area contributed by atoms with Crippen molar-refractivity contribution >= 4 is 40.5 Å². The van der Waals surface area contributed by atoms with E-state index in [0.717, 1.165) is 11.3 Å². The lowest BCUT2D eigenvalue weighted by Crippen LogP contribution is -2.00. The summed E-state index contributed by atoms with van der Waals surface area (Å²) in [5, 5.41) is 10.5. The predicted octanol–water partition coefficient (Wildman–Crippen LogP) is 4.33. The molecular weight excluding hydrogens is 307 g/mol. The van der Waals surface area contributed by atoms with Crippen LogP contribution in [0.25, 0.3) is 10.7 Å². The van der Waals surface area contributed by atoms with Crippen molar-refractivity contribution in [2.75, 3.05) is 0 Å². The first-order valence-electron chi connectivity index (χ1n) is 5.45. The molecule has 0 saturated heterocycles. The van der Waals surface area contributed by atoms with Crippen molar-refractivity contribution in [3.05, 3.63) is 32.9 Å². The van der Waals surface area contributed by atoms with E-state index in [2.05, 4.69) is 9.97 Å². The zero-order chi connectivity index (χ0) is 14.2. The first-order valence-corrected chi connectivity index (χ1v) is 7.02. The summed E-state index contributed by atoms with van der Waals surface area (Å²) in [5.74, 6) is -0.972. The van der Waals surface area contributed by atoms with E-state index in [-0.39, 0.29) is 10.8 Å². The second kappa shape index (κ2) is 5.45. The Morgan fingerprint density at radius 1 is 1.42 bits per heavy atom. The lowest BCUT2D eigenvalue weighted by atomic mass is 10.1. The maximum Gasteiger partial charge on any atom is 0.347 e. The summed E-state index contributed by atoms with van der Waals surface area (Å²) < 4.78 is 0. The molecule has 2 aromatic rings. The van der Waals surface area contributed by atoms with Crippen LogP contribution in [0.5, 0.6) is 0 Å². The number of hydrogen-bond acceptors (Lipinski definition) is 4. The van der Waals surface area contributed by atoms with Crippen LogP contribution in [0, 0.1) is 0 Å². The third-order valence-electron chi connectivity index (χ3n) is 2.40. The van der Waals surface area contributed by atoms with Crippen LogP contribution in [-0.4, -0.2) is 21.0 Å². The second-order valence-corrected chi connectivity index (χ2v) is 6.02.